The molecule has 0 N–H and O–H groups in total. The standard InChI is InChI=1S/C12H15N3O5S/c1-5-20-11(19)10-6-21-12(14(10)7(2)16)13-15(8(3)17)9(4)18/h6H,5H2,1-4H3/b13-12-. The highest BCUT2D eigenvalue weighted by molar-refractivity contribution is 7.07. The van der Waals surface area contributed by atoms with Gasteiger partial charge in [0.1, 0.15) is 5.69 Å². The van der Waals surface area contributed by atoms with E-state index in [0.717, 1.165) is 15.9 Å². The summed E-state index contributed by atoms with van der Waals surface area (Å²) >= 11 is 0.950. The number of thiazole rings is 1. The summed E-state index contributed by atoms with van der Waals surface area (Å²) in [5, 5.41) is 5.84. The number of imide groups is 1. The Kier molecular flexibility index (Phi) is 5.53. The van der Waals surface area contributed by atoms with Crippen molar-refractivity contribution in [1.29, 1.82) is 0 Å². The number of carbonyl (C=O) groups is 4. The highest BCUT2D eigenvalue weighted by Crippen LogP contribution is 2.05. The number of esters is 1. The smallest absolute Gasteiger partial charge is 0.356 e. The third kappa shape index (κ3) is 3.85. The van der Waals surface area contributed by atoms with Crippen LogP contribution >= 0.6 is 11.3 Å². The molecule has 1 rings (SSSR count). The molecule has 1 heterocycles. The SMILES string of the molecule is CCOC(=O)c1cs/c(=N\N(C(C)=O)C(C)=O)n1C(C)=O. The van der Waals surface area contributed by atoms with Gasteiger partial charge in [0.05, 0.1) is 6.61 Å². The Labute approximate surface area is 124 Å². The molecule has 0 unspecified atom stereocenters. The Morgan fingerprint density at radius 3 is 2.24 bits per heavy atom. The second-order valence-corrected chi connectivity index (χ2v) is 4.76. The van der Waals surface area contributed by atoms with Crippen LogP contribution in [0, 0.1) is 0 Å². The van der Waals surface area contributed by atoms with Gasteiger partial charge in [-0.1, -0.05) is 0 Å². The topological polar surface area (TPSA) is 98.0 Å². The Bertz CT molecular complexity index is 644. The number of nitrogens with zero attached hydrogens (tertiary/aromatic N) is 3. The lowest BCUT2D eigenvalue weighted by Crippen LogP contribution is -2.33. The molecule has 0 aromatic carbocycles. The number of aromatic nitrogens is 1. The number of amides is 2. The molecule has 114 valence electrons. The van der Waals surface area contributed by atoms with Crippen LogP contribution in [0.3, 0.4) is 0 Å². The van der Waals surface area contributed by atoms with Gasteiger partial charge in [-0.25, -0.2) is 9.36 Å². The van der Waals surface area contributed by atoms with Crippen LogP contribution < -0.4 is 4.80 Å². The molecule has 0 bridgehead atoms. The van der Waals surface area contributed by atoms with Crippen molar-refractivity contribution in [2.24, 2.45) is 5.10 Å². The van der Waals surface area contributed by atoms with Crippen LogP contribution in [0.5, 0.6) is 0 Å². The van der Waals surface area contributed by atoms with Crippen LogP contribution in [0.2, 0.25) is 0 Å². The third-order valence-electron chi connectivity index (χ3n) is 2.29. The van der Waals surface area contributed by atoms with E-state index in [2.05, 4.69) is 5.10 Å². The predicted molar refractivity (Wildman–Crippen MR) is 73.3 cm³/mol. The average Bonchev–Trinajstić information content (AvgIpc) is 2.79. The lowest BCUT2D eigenvalue weighted by Gasteiger charge is -2.09. The summed E-state index contributed by atoms with van der Waals surface area (Å²) in [5.41, 5.74) is 0.000143. The first-order valence-electron chi connectivity index (χ1n) is 6.04. The van der Waals surface area contributed by atoms with Gasteiger partial charge in [0.25, 0.3) is 0 Å². The normalized spacial score (nSPS) is 11.1. The molecule has 0 aliphatic heterocycles. The van der Waals surface area contributed by atoms with Crippen LogP contribution in [-0.4, -0.2) is 39.9 Å². The average molecular weight is 313 g/mol. The molecular formula is C12H15N3O5S. The number of hydrogen-bond acceptors (Lipinski definition) is 7. The van der Waals surface area contributed by atoms with Crippen molar-refractivity contribution in [2.75, 3.05) is 6.61 Å². The molecule has 1 aromatic heterocycles. The lowest BCUT2D eigenvalue weighted by atomic mass is 10.4. The van der Waals surface area contributed by atoms with Crippen molar-refractivity contribution >= 4 is 35.0 Å². The molecule has 2 amide bonds. The van der Waals surface area contributed by atoms with Crippen molar-refractivity contribution in [1.82, 2.24) is 9.58 Å². The highest BCUT2D eigenvalue weighted by atomic mass is 32.1. The first-order chi connectivity index (χ1) is 9.79. The molecule has 8 nitrogen and oxygen atoms in total. The Morgan fingerprint density at radius 2 is 1.81 bits per heavy atom. The summed E-state index contributed by atoms with van der Waals surface area (Å²) < 4.78 is 5.84. The van der Waals surface area contributed by atoms with Crippen LogP contribution in [0.4, 0.5) is 0 Å². The van der Waals surface area contributed by atoms with E-state index in [4.69, 9.17) is 4.74 Å². The summed E-state index contributed by atoms with van der Waals surface area (Å²) in [6.45, 7) is 5.37. The van der Waals surface area contributed by atoms with E-state index in [0.29, 0.717) is 5.01 Å². The molecule has 0 radical (unpaired) electrons. The Hall–Kier alpha value is -2.29. The number of rotatable bonds is 3. The summed E-state index contributed by atoms with van der Waals surface area (Å²) in [4.78, 5) is 46.2. The molecule has 0 saturated heterocycles. The molecule has 0 aliphatic rings. The largest absolute Gasteiger partial charge is 0.461 e. The van der Waals surface area contributed by atoms with Gasteiger partial charge in [-0.15, -0.1) is 16.4 Å². The van der Waals surface area contributed by atoms with Crippen LogP contribution in [0.25, 0.3) is 0 Å². The fourth-order valence-electron chi connectivity index (χ4n) is 1.48. The van der Waals surface area contributed by atoms with Gasteiger partial charge in [0.2, 0.25) is 22.5 Å². The van der Waals surface area contributed by atoms with Gasteiger partial charge >= 0.3 is 5.97 Å². The van der Waals surface area contributed by atoms with Crippen molar-refractivity contribution in [2.45, 2.75) is 27.7 Å². The van der Waals surface area contributed by atoms with Crippen LogP contribution in [0.1, 0.15) is 43.0 Å². The zero-order valence-corrected chi connectivity index (χ0v) is 12.9. The fourth-order valence-corrected chi connectivity index (χ4v) is 2.36. The van der Waals surface area contributed by atoms with E-state index >= 15 is 0 Å². The van der Waals surface area contributed by atoms with E-state index in [-0.39, 0.29) is 17.1 Å². The third-order valence-corrected chi connectivity index (χ3v) is 3.11. The maximum Gasteiger partial charge on any atom is 0.356 e. The maximum atomic E-state index is 11.8. The first-order valence-corrected chi connectivity index (χ1v) is 6.92. The zero-order chi connectivity index (χ0) is 16.2. The van der Waals surface area contributed by atoms with Gasteiger partial charge in [-0.2, -0.15) is 5.01 Å². The Balaban J connectivity index is 3.44. The zero-order valence-electron chi connectivity index (χ0n) is 12.1. The number of hydrogen-bond donors (Lipinski definition) is 0. The molecule has 9 heteroatoms. The molecular weight excluding hydrogens is 298 g/mol. The van der Waals surface area contributed by atoms with E-state index in [1.165, 1.54) is 26.2 Å². The summed E-state index contributed by atoms with van der Waals surface area (Å²) in [7, 11) is 0. The van der Waals surface area contributed by atoms with Crippen molar-refractivity contribution in [3.05, 3.63) is 15.9 Å². The van der Waals surface area contributed by atoms with Crippen molar-refractivity contribution in [3.63, 3.8) is 0 Å². The molecule has 0 aliphatic carbocycles. The maximum absolute atomic E-state index is 11.8. The van der Waals surface area contributed by atoms with Gasteiger partial charge in [-0.3, -0.25) is 14.4 Å². The number of ether oxygens (including phenoxy) is 1. The lowest BCUT2D eigenvalue weighted by molar-refractivity contribution is -0.142. The molecule has 21 heavy (non-hydrogen) atoms. The fraction of sp³-hybridized carbons (Fsp3) is 0.417. The monoisotopic (exact) mass is 313 g/mol. The Morgan fingerprint density at radius 1 is 1.24 bits per heavy atom. The van der Waals surface area contributed by atoms with Crippen LogP contribution in [0.15, 0.2) is 10.5 Å². The minimum Gasteiger partial charge on any atom is -0.461 e. The van der Waals surface area contributed by atoms with E-state index < -0.39 is 23.7 Å². The van der Waals surface area contributed by atoms with Gasteiger partial charge < -0.3 is 4.74 Å². The van der Waals surface area contributed by atoms with Gasteiger partial charge in [-0.05, 0) is 6.92 Å². The highest BCUT2D eigenvalue weighted by Gasteiger charge is 2.19. The van der Waals surface area contributed by atoms with Gasteiger partial charge in [0.15, 0.2) is 0 Å². The number of carbonyl (C=O) groups excluding carboxylic acids is 4. The van der Waals surface area contributed by atoms with E-state index in [9.17, 15) is 19.2 Å². The first kappa shape index (κ1) is 16.8. The molecule has 0 saturated carbocycles. The van der Waals surface area contributed by atoms with Crippen molar-refractivity contribution in [3.8, 4) is 0 Å². The van der Waals surface area contributed by atoms with E-state index in [1.54, 1.807) is 6.92 Å². The minimum absolute atomic E-state index is 0.000143. The van der Waals surface area contributed by atoms with Crippen LogP contribution in [-0.2, 0) is 14.3 Å². The predicted octanol–water partition coefficient (Wildman–Crippen LogP) is 0.597. The quantitative estimate of drug-likeness (QED) is 0.601. The minimum atomic E-state index is -0.678. The molecule has 0 spiro atoms. The molecule has 1 aromatic rings. The molecule has 0 atom stereocenters. The molecule has 0 fully saturated rings. The van der Waals surface area contributed by atoms with E-state index in [1.807, 2.05) is 0 Å². The summed E-state index contributed by atoms with van der Waals surface area (Å²) in [5.74, 6) is -2.35. The van der Waals surface area contributed by atoms with Gasteiger partial charge in [0, 0.05) is 26.2 Å². The van der Waals surface area contributed by atoms with Crippen molar-refractivity contribution < 1.29 is 23.9 Å². The summed E-state index contributed by atoms with van der Waals surface area (Å²) in [6.07, 6.45) is 0. The second kappa shape index (κ2) is 6.93. The summed E-state index contributed by atoms with van der Waals surface area (Å²) in [6, 6.07) is 0. The second-order valence-electron chi connectivity index (χ2n) is 3.93.